The third-order valence-corrected chi connectivity index (χ3v) is 2.33. The first-order valence-electron chi connectivity index (χ1n) is 5.09. The minimum absolute atomic E-state index is 0.0297. The zero-order valence-corrected chi connectivity index (χ0v) is 10.5. The van der Waals surface area contributed by atoms with E-state index in [-0.39, 0.29) is 12.3 Å². The Morgan fingerprint density at radius 2 is 2.18 bits per heavy atom. The smallest absolute Gasteiger partial charge is 0.270 e. The van der Waals surface area contributed by atoms with Crippen LogP contribution in [0.15, 0.2) is 18.2 Å². The molecule has 0 saturated carbocycles. The number of nitro groups is 1. The number of benzene rings is 1. The fraction of sp³-hybridized carbons (Fsp3) is 0.455. The molecule has 0 unspecified atom stereocenters. The van der Waals surface area contributed by atoms with Crippen LogP contribution >= 0.6 is 11.6 Å². The lowest BCUT2D eigenvalue weighted by Gasteiger charge is -2.18. The van der Waals surface area contributed by atoms with Crippen molar-refractivity contribution in [3.63, 3.8) is 0 Å². The zero-order valence-electron chi connectivity index (χ0n) is 9.77. The first-order valence-corrected chi connectivity index (χ1v) is 5.47. The summed E-state index contributed by atoms with van der Waals surface area (Å²) in [4.78, 5) is 10.0. The van der Waals surface area contributed by atoms with Gasteiger partial charge in [0.25, 0.3) is 5.69 Å². The maximum atomic E-state index is 10.5. The van der Waals surface area contributed by atoms with E-state index in [0.717, 1.165) is 0 Å². The van der Waals surface area contributed by atoms with E-state index >= 15 is 0 Å². The summed E-state index contributed by atoms with van der Waals surface area (Å²) >= 11 is 5.91. The molecule has 0 aromatic heterocycles. The summed E-state index contributed by atoms with van der Waals surface area (Å²) < 4.78 is 5.39. The van der Waals surface area contributed by atoms with Gasteiger partial charge in [-0.1, -0.05) is 11.6 Å². The predicted molar refractivity (Wildman–Crippen MR) is 66.0 cm³/mol. The van der Waals surface area contributed by atoms with E-state index in [4.69, 9.17) is 22.1 Å². The SMILES string of the molecule is CC(C)(N)COCc1ccc([N+](=O)[O-])cc1Cl. The molecular formula is C11H15ClN2O3. The lowest BCUT2D eigenvalue weighted by molar-refractivity contribution is -0.384. The molecule has 0 fully saturated rings. The Balaban J connectivity index is 2.64. The average molecular weight is 259 g/mol. The molecule has 0 aliphatic heterocycles. The molecule has 0 heterocycles. The van der Waals surface area contributed by atoms with Gasteiger partial charge in [-0.25, -0.2) is 0 Å². The summed E-state index contributed by atoms with van der Waals surface area (Å²) in [6, 6.07) is 4.30. The summed E-state index contributed by atoms with van der Waals surface area (Å²) in [5.74, 6) is 0. The Bertz CT molecular complexity index is 416. The van der Waals surface area contributed by atoms with Crippen molar-refractivity contribution < 1.29 is 9.66 Å². The van der Waals surface area contributed by atoms with Crippen LogP contribution in [0.2, 0.25) is 5.02 Å². The van der Waals surface area contributed by atoms with Gasteiger partial charge in [-0.3, -0.25) is 10.1 Å². The lowest BCUT2D eigenvalue weighted by Crippen LogP contribution is -2.37. The minimum atomic E-state index is -0.487. The number of nitro benzene ring substituents is 1. The molecule has 0 aliphatic rings. The normalized spacial score (nSPS) is 11.5. The molecule has 0 amide bonds. The van der Waals surface area contributed by atoms with E-state index in [0.29, 0.717) is 17.2 Å². The van der Waals surface area contributed by atoms with Crippen molar-refractivity contribution in [1.82, 2.24) is 0 Å². The number of hydrogen-bond acceptors (Lipinski definition) is 4. The van der Waals surface area contributed by atoms with E-state index in [9.17, 15) is 10.1 Å². The van der Waals surface area contributed by atoms with Crippen LogP contribution in [-0.4, -0.2) is 17.1 Å². The number of rotatable bonds is 5. The topological polar surface area (TPSA) is 78.4 Å². The molecule has 0 radical (unpaired) electrons. The monoisotopic (exact) mass is 258 g/mol. The van der Waals surface area contributed by atoms with Crippen molar-refractivity contribution in [2.45, 2.75) is 26.0 Å². The standard InChI is InChI=1S/C11H15ClN2O3/c1-11(2,13)7-17-6-8-3-4-9(14(15)16)5-10(8)12/h3-5H,6-7,13H2,1-2H3. The van der Waals surface area contributed by atoms with Crippen LogP contribution in [0.3, 0.4) is 0 Å². The first kappa shape index (κ1) is 13.9. The third-order valence-electron chi connectivity index (χ3n) is 1.98. The lowest BCUT2D eigenvalue weighted by atomic mass is 10.1. The number of hydrogen-bond donors (Lipinski definition) is 1. The maximum absolute atomic E-state index is 10.5. The van der Waals surface area contributed by atoms with Crippen LogP contribution in [0.4, 0.5) is 5.69 Å². The summed E-state index contributed by atoms with van der Waals surface area (Å²) in [7, 11) is 0. The molecule has 1 aromatic rings. The Morgan fingerprint density at radius 1 is 1.53 bits per heavy atom. The number of ether oxygens (including phenoxy) is 1. The van der Waals surface area contributed by atoms with Crippen molar-refractivity contribution in [2.75, 3.05) is 6.61 Å². The quantitative estimate of drug-likeness (QED) is 0.650. The van der Waals surface area contributed by atoms with Gasteiger partial charge in [0.05, 0.1) is 23.2 Å². The van der Waals surface area contributed by atoms with Gasteiger partial charge >= 0.3 is 0 Å². The van der Waals surface area contributed by atoms with Gasteiger partial charge in [-0.05, 0) is 25.5 Å². The molecule has 2 N–H and O–H groups in total. The molecule has 0 spiro atoms. The fourth-order valence-electron chi connectivity index (χ4n) is 1.19. The molecule has 0 bridgehead atoms. The second-order valence-corrected chi connectivity index (χ2v) is 4.92. The summed E-state index contributed by atoms with van der Waals surface area (Å²) in [5.41, 5.74) is 6.02. The number of nitrogens with two attached hydrogens (primary N) is 1. The summed E-state index contributed by atoms with van der Waals surface area (Å²) in [5, 5.41) is 10.8. The minimum Gasteiger partial charge on any atom is -0.375 e. The first-order chi connectivity index (χ1) is 7.79. The molecule has 17 heavy (non-hydrogen) atoms. The summed E-state index contributed by atoms with van der Waals surface area (Å²) in [6.07, 6.45) is 0. The summed E-state index contributed by atoms with van der Waals surface area (Å²) in [6.45, 7) is 4.38. The highest BCUT2D eigenvalue weighted by atomic mass is 35.5. The van der Waals surface area contributed by atoms with Crippen molar-refractivity contribution >= 4 is 17.3 Å². The average Bonchev–Trinajstić information content (AvgIpc) is 2.18. The van der Waals surface area contributed by atoms with E-state index < -0.39 is 10.5 Å². The number of non-ortho nitro benzene ring substituents is 1. The van der Waals surface area contributed by atoms with E-state index in [1.165, 1.54) is 12.1 Å². The van der Waals surface area contributed by atoms with Crippen LogP contribution < -0.4 is 5.73 Å². The Morgan fingerprint density at radius 3 is 2.65 bits per heavy atom. The number of nitrogens with zero attached hydrogens (tertiary/aromatic N) is 1. The van der Waals surface area contributed by atoms with E-state index in [2.05, 4.69) is 0 Å². The molecular weight excluding hydrogens is 244 g/mol. The van der Waals surface area contributed by atoms with Crippen LogP contribution in [0.1, 0.15) is 19.4 Å². The van der Waals surface area contributed by atoms with Gasteiger partial charge in [0.2, 0.25) is 0 Å². The predicted octanol–water partition coefficient (Wildman–Crippen LogP) is 2.50. The van der Waals surface area contributed by atoms with Crippen LogP contribution in [0.5, 0.6) is 0 Å². The number of halogens is 1. The Labute approximate surface area is 105 Å². The van der Waals surface area contributed by atoms with Crippen LogP contribution in [-0.2, 0) is 11.3 Å². The van der Waals surface area contributed by atoms with E-state index in [1.54, 1.807) is 6.07 Å². The highest BCUT2D eigenvalue weighted by Gasteiger charge is 2.12. The highest BCUT2D eigenvalue weighted by Crippen LogP contribution is 2.23. The van der Waals surface area contributed by atoms with Crippen molar-refractivity contribution in [2.24, 2.45) is 5.73 Å². The van der Waals surface area contributed by atoms with Gasteiger partial charge in [0.1, 0.15) is 0 Å². The molecule has 0 aliphatic carbocycles. The molecule has 0 atom stereocenters. The van der Waals surface area contributed by atoms with Crippen LogP contribution in [0.25, 0.3) is 0 Å². The molecule has 6 heteroatoms. The van der Waals surface area contributed by atoms with Crippen molar-refractivity contribution in [3.8, 4) is 0 Å². The fourth-order valence-corrected chi connectivity index (χ4v) is 1.42. The van der Waals surface area contributed by atoms with Crippen molar-refractivity contribution in [3.05, 3.63) is 38.9 Å². The highest BCUT2D eigenvalue weighted by molar-refractivity contribution is 6.31. The van der Waals surface area contributed by atoms with Gasteiger partial charge in [-0.2, -0.15) is 0 Å². The maximum Gasteiger partial charge on any atom is 0.270 e. The third kappa shape index (κ3) is 4.68. The van der Waals surface area contributed by atoms with Crippen LogP contribution in [0, 0.1) is 10.1 Å². The van der Waals surface area contributed by atoms with Gasteiger partial charge in [0.15, 0.2) is 0 Å². The Kier molecular flexibility index (Phi) is 4.45. The molecule has 0 saturated heterocycles. The molecule has 1 rings (SSSR count). The van der Waals surface area contributed by atoms with Gasteiger partial charge in [-0.15, -0.1) is 0 Å². The zero-order chi connectivity index (χ0) is 13.1. The largest absolute Gasteiger partial charge is 0.375 e. The second kappa shape index (κ2) is 5.44. The van der Waals surface area contributed by atoms with Gasteiger partial charge in [0, 0.05) is 17.7 Å². The molecule has 5 nitrogen and oxygen atoms in total. The second-order valence-electron chi connectivity index (χ2n) is 4.51. The Hall–Kier alpha value is -1.17. The van der Waals surface area contributed by atoms with Crippen molar-refractivity contribution in [1.29, 1.82) is 0 Å². The van der Waals surface area contributed by atoms with Gasteiger partial charge < -0.3 is 10.5 Å². The van der Waals surface area contributed by atoms with E-state index in [1.807, 2.05) is 13.8 Å². The molecule has 94 valence electrons. The molecule has 1 aromatic carbocycles.